The summed E-state index contributed by atoms with van der Waals surface area (Å²) in [6.45, 7) is 4.69. The minimum Gasteiger partial charge on any atom is -0.322 e. The SMILES string of the molecule is Cc1ccnc(Cl)c1NC(=O)C1(C)CCCN1. The summed E-state index contributed by atoms with van der Waals surface area (Å²) in [6.07, 6.45) is 3.49. The molecule has 0 aromatic carbocycles. The zero-order valence-corrected chi connectivity index (χ0v) is 10.8. The second-order valence-electron chi connectivity index (χ2n) is 4.61. The van der Waals surface area contributed by atoms with Crippen molar-refractivity contribution in [3.63, 3.8) is 0 Å². The summed E-state index contributed by atoms with van der Waals surface area (Å²) in [4.78, 5) is 16.2. The Balaban J connectivity index is 2.18. The van der Waals surface area contributed by atoms with E-state index in [1.807, 2.05) is 19.9 Å². The van der Waals surface area contributed by atoms with Crippen LogP contribution in [0.5, 0.6) is 0 Å². The highest BCUT2D eigenvalue weighted by Gasteiger charge is 2.36. The predicted molar refractivity (Wildman–Crippen MR) is 68.3 cm³/mol. The molecule has 1 unspecified atom stereocenters. The fraction of sp³-hybridized carbons (Fsp3) is 0.500. The molecule has 0 saturated carbocycles. The Kier molecular flexibility index (Phi) is 3.35. The maximum atomic E-state index is 12.2. The molecule has 0 spiro atoms. The first kappa shape index (κ1) is 12.3. The molecule has 1 aliphatic heterocycles. The number of hydrogen-bond acceptors (Lipinski definition) is 3. The zero-order valence-electron chi connectivity index (χ0n) is 10.0. The van der Waals surface area contributed by atoms with Crippen LogP contribution in [0.4, 0.5) is 5.69 Å². The molecule has 1 aromatic heterocycles. The van der Waals surface area contributed by atoms with E-state index in [9.17, 15) is 4.79 Å². The van der Waals surface area contributed by atoms with Gasteiger partial charge in [-0.25, -0.2) is 4.98 Å². The lowest BCUT2D eigenvalue weighted by molar-refractivity contribution is -0.121. The number of nitrogens with one attached hydrogen (secondary N) is 2. The lowest BCUT2D eigenvalue weighted by Crippen LogP contribution is -2.48. The lowest BCUT2D eigenvalue weighted by Gasteiger charge is -2.23. The summed E-state index contributed by atoms with van der Waals surface area (Å²) < 4.78 is 0. The summed E-state index contributed by atoms with van der Waals surface area (Å²) in [6, 6.07) is 1.83. The fourth-order valence-electron chi connectivity index (χ4n) is 2.02. The van der Waals surface area contributed by atoms with Gasteiger partial charge in [0.15, 0.2) is 5.15 Å². The number of aromatic nitrogens is 1. The Morgan fingerprint density at radius 1 is 1.65 bits per heavy atom. The third-order valence-electron chi connectivity index (χ3n) is 3.22. The number of anilines is 1. The van der Waals surface area contributed by atoms with Gasteiger partial charge < -0.3 is 10.6 Å². The Morgan fingerprint density at radius 2 is 2.41 bits per heavy atom. The molecule has 0 bridgehead atoms. The summed E-state index contributed by atoms with van der Waals surface area (Å²) >= 11 is 5.98. The van der Waals surface area contributed by atoms with Crippen LogP contribution in [0.25, 0.3) is 0 Å². The van der Waals surface area contributed by atoms with Gasteiger partial charge in [0.05, 0.1) is 11.2 Å². The van der Waals surface area contributed by atoms with Crippen molar-refractivity contribution >= 4 is 23.2 Å². The number of aryl methyl sites for hydroxylation is 1. The Morgan fingerprint density at radius 3 is 3.00 bits per heavy atom. The first-order valence-electron chi connectivity index (χ1n) is 5.70. The van der Waals surface area contributed by atoms with Gasteiger partial charge in [0.25, 0.3) is 0 Å². The molecule has 1 amide bonds. The van der Waals surface area contributed by atoms with E-state index >= 15 is 0 Å². The van der Waals surface area contributed by atoms with Crippen molar-refractivity contribution in [1.82, 2.24) is 10.3 Å². The van der Waals surface area contributed by atoms with Gasteiger partial charge in [0, 0.05) is 6.20 Å². The molecule has 1 saturated heterocycles. The van der Waals surface area contributed by atoms with Crippen molar-refractivity contribution in [3.8, 4) is 0 Å². The van der Waals surface area contributed by atoms with Crippen molar-refractivity contribution in [2.45, 2.75) is 32.2 Å². The van der Waals surface area contributed by atoms with Crippen LogP contribution in [0.2, 0.25) is 5.15 Å². The molecule has 2 N–H and O–H groups in total. The average molecular weight is 254 g/mol. The summed E-state index contributed by atoms with van der Waals surface area (Å²) in [5, 5.41) is 6.41. The van der Waals surface area contributed by atoms with Gasteiger partial charge in [-0.3, -0.25) is 4.79 Å². The number of carbonyl (C=O) groups is 1. The van der Waals surface area contributed by atoms with Gasteiger partial charge in [-0.05, 0) is 44.9 Å². The number of halogens is 1. The number of amides is 1. The molecule has 0 radical (unpaired) electrons. The van der Waals surface area contributed by atoms with Crippen LogP contribution in [0.1, 0.15) is 25.3 Å². The van der Waals surface area contributed by atoms with Crippen molar-refractivity contribution in [2.75, 3.05) is 11.9 Å². The first-order chi connectivity index (χ1) is 8.03. The molecular weight excluding hydrogens is 238 g/mol. The molecule has 1 atom stereocenters. The summed E-state index contributed by atoms with van der Waals surface area (Å²) in [7, 11) is 0. The van der Waals surface area contributed by atoms with Crippen molar-refractivity contribution in [2.24, 2.45) is 0 Å². The van der Waals surface area contributed by atoms with E-state index in [4.69, 9.17) is 11.6 Å². The van der Waals surface area contributed by atoms with E-state index in [-0.39, 0.29) is 5.91 Å². The van der Waals surface area contributed by atoms with E-state index in [2.05, 4.69) is 15.6 Å². The number of nitrogens with zero attached hydrogens (tertiary/aromatic N) is 1. The number of carbonyl (C=O) groups excluding carboxylic acids is 1. The van der Waals surface area contributed by atoms with Crippen LogP contribution in [0.15, 0.2) is 12.3 Å². The van der Waals surface area contributed by atoms with Crippen molar-refractivity contribution in [3.05, 3.63) is 23.0 Å². The molecule has 5 heteroatoms. The van der Waals surface area contributed by atoms with Gasteiger partial charge >= 0.3 is 0 Å². The topological polar surface area (TPSA) is 54.0 Å². The van der Waals surface area contributed by atoms with E-state index in [0.717, 1.165) is 24.9 Å². The number of hydrogen-bond donors (Lipinski definition) is 2. The molecule has 1 fully saturated rings. The van der Waals surface area contributed by atoms with Crippen LogP contribution in [0.3, 0.4) is 0 Å². The first-order valence-corrected chi connectivity index (χ1v) is 6.08. The second-order valence-corrected chi connectivity index (χ2v) is 4.97. The third kappa shape index (κ3) is 2.42. The Labute approximate surface area is 106 Å². The monoisotopic (exact) mass is 253 g/mol. The average Bonchev–Trinajstić information content (AvgIpc) is 2.72. The number of rotatable bonds is 2. The zero-order chi connectivity index (χ0) is 12.5. The molecule has 0 aliphatic carbocycles. The summed E-state index contributed by atoms with van der Waals surface area (Å²) in [5.74, 6) is -0.0481. The van der Waals surface area contributed by atoms with E-state index in [1.165, 1.54) is 0 Å². The van der Waals surface area contributed by atoms with Gasteiger partial charge in [0.2, 0.25) is 5.91 Å². The quantitative estimate of drug-likeness (QED) is 0.794. The maximum Gasteiger partial charge on any atom is 0.244 e. The molecule has 92 valence electrons. The molecule has 2 heterocycles. The van der Waals surface area contributed by atoms with Gasteiger partial charge in [-0.1, -0.05) is 11.6 Å². The fourth-order valence-corrected chi connectivity index (χ4v) is 2.27. The van der Waals surface area contributed by atoms with Crippen LogP contribution in [-0.4, -0.2) is 23.0 Å². The van der Waals surface area contributed by atoms with Crippen LogP contribution in [0, 0.1) is 6.92 Å². The largest absolute Gasteiger partial charge is 0.322 e. The molecular formula is C12H16ClN3O. The van der Waals surface area contributed by atoms with Crippen LogP contribution in [-0.2, 0) is 4.79 Å². The highest BCUT2D eigenvalue weighted by molar-refractivity contribution is 6.32. The molecule has 4 nitrogen and oxygen atoms in total. The Hall–Kier alpha value is -1.13. The molecule has 1 aliphatic rings. The van der Waals surface area contributed by atoms with Crippen LogP contribution < -0.4 is 10.6 Å². The smallest absolute Gasteiger partial charge is 0.244 e. The highest BCUT2D eigenvalue weighted by Crippen LogP contribution is 2.26. The van der Waals surface area contributed by atoms with Gasteiger partial charge in [-0.15, -0.1) is 0 Å². The maximum absolute atomic E-state index is 12.2. The van der Waals surface area contributed by atoms with Crippen molar-refractivity contribution < 1.29 is 4.79 Å². The van der Waals surface area contributed by atoms with E-state index in [0.29, 0.717) is 10.8 Å². The lowest BCUT2D eigenvalue weighted by atomic mass is 9.99. The molecule has 17 heavy (non-hydrogen) atoms. The minimum atomic E-state index is -0.494. The molecule has 1 aromatic rings. The highest BCUT2D eigenvalue weighted by atomic mass is 35.5. The Bertz CT molecular complexity index is 421. The summed E-state index contributed by atoms with van der Waals surface area (Å²) in [5.41, 5.74) is 1.03. The van der Waals surface area contributed by atoms with Gasteiger partial charge in [-0.2, -0.15) is 0 Å². The third-order valence-corrected chi connectivity index (χ3v) is 3.51. The standard InChI is InChI=1S/C12H16ClN3O/c1-8-4-7-14-10(13)9(8)16-11(17)12(2)5-3-6-15-12/h4,7,15H,3,5-6H2,1-2H3,(H,16,17). The predicted octanol–water partition coefficient (Wildman–Crippen LogP) is 2.12. The second kappa shape index (κ2) is 4.63. The van der Waals surface area contributed by atoms with Gasteiger partial charge in [0.1, 0.15) is 0 Å². The minimum absolute atomic E-state index is 0.0481. The number of pyridine rings is 1. The normalized spacial score (nSPS) is 23.7. The molecule has 2 rings (SSSR count). The van der Waals surface area contributed by atoms with E-state index < -0.39 is 5.54 Å². The van der Waals surface area contributed by atoms with E-state index in [1.54, 1.807) is 6.20 Å². The van der Waals surface area contributed by atoms with Crippen LogP contribution >= 0.6 is 11.6 Å². The van der Waals surface area contributed by atoms with Crippen molar-refractivity contribution in [1.29, 1.82) is 0 Å².